The van der Waals surface area contributed by atoms with Crippen molar-refractivity contribution in [2.24, 2.45) is 11.8 Å². The molecule has 2 heterocycles. The normalized spacial score (nSPS) is 25.0. The molecule has 3 heteroatoms. The molecule has 0 bridgehead atoms. The summed E-state index contributed by atoms with van der Waals surface area (Å²) in [5.74, 6) is 2.70. The molecular weight excluding hydrogens is 234 g/mol. The van der Waals surface area contributed by atoms with Crippen molar-refractivity contribution in [3.63, 3.8) is 0 Å². The number of likely N-dealkylation sites (tertiary alicyclic amines) is 1. The summed E-state index contributed by atoms with van der Waals surface area (Å²) >= 11 is 0. The van der Waals surface area contributed by atoms with Gasteiger partial charge in [0.2, 0.25) is 0 Å². The molecule has 0 saturated carbocycles. The lowest BCUT2D eigenvalue weighted by Gasteiger charge is -2.34. The van der Waals surface area contributed by atoms with Gasteiger partial charge in [-0.05, 0) is 42.9 Å². The van der Waals surface area contributed by atoms with Gasteiger partial charge in [-0.25, -0.2) is 4.98 Å². The fraction of sp³-hybridized carbons (Fsp3) is 0.562. The van der Waals surface area contributed by atoms with Crippen LogP contribution < -0.4 is 0 Å². The summed E-state index contributed by atoms with van der Waals surface area (Å²) in [6.45, 7) is 10.2. The number of nitrogens with one attached hydrogen (secondary N) is 1. The highest BCUT2D eigenvalue weighted by atomic mass is 15.2. The molecular formula is C16H23N3. The highest BCUT2D eigenvalue weighted by Crippen LogP contribution is 2.22. The first kappa shape index (κ1) is 12.7. The average Bonchev–Trinajstić information content (AvgIpc) is 2.68. The highest BCUT2D eigenvalue weighted by Gasteiger charge is 2.22. The number of fused-ring (bicyclic) bond motifs is 1. The van der Waals surface area contributed by atoms with Gasteiger partial charge in [-0.2, -0.15) is 0 Å². The zero-order valence-corrected chi connectivity index (χ0v) is 12.1. The van der Waals surface area contributed by atoms with Gasteiger partial charge in [0, 0.05) is 13.1 Å². The van der Waals surface area contributed by atoms with Crippen LogP contribution in [0.4, 0.5) is 0 Å². The van der Waals surface area contributed by atoms with E-state index in [2.05, 4.69) is 48.9 Å². The molecule has 1 aliphatic heterocycles. The third-order valence-electron chi connectivity index (χ3n) is 4.00. The van der Waals surface area contributed by atoms with Crippen LogP contribution in [0, 0.1) is 18.8 Å². The second-order valence-electron chi connectivity index (χ2n) is 6.34. The number of rotatable bonds is 2. The second-order valence-corrected chi connectivity index (χ2v) is 6.34. The molecule has 1 aromatic heterocycles. The molecule has 3 nitrogen and oxygen atoms in total. The molecule has 0 spiro atoms. The summed E-state index contributed by atoms with van der Waals surface area (Å²) in [5, 5.41) is 0. The van der Waals surface area contributed by atoms with Gasteiger partial charge in [0.15, 0.2) is 0 Å². The van der Waals surface area contributed by atoms with E-state index >= 15 is 0 Å². The van der Waals surface area contributed by atoms with E-state index in [1.165, 1.54) is 25.1 Å². The summed E-state index contributed by atoms with van der Waals surface area (Å²) in [5.41, 5.74) is 3.52. The van der Waals surface area contributed by atoms with Crippen molar-refractivity contribution < 1.29 is 0 Å². The van der Waals surface area contributed by atoms with Crippen LogP contribution >= 0.6 is 0 Å². The molecule has 3 rings (SSSR count). The van der Waals surface area contributed by atoms with E-state index in [-0.39, 0.29) is 0 Å². The molecule has 1 aliphatic rings. The van der Waals surface area contributed by atoms with E-state index in [9.17, 15) is 0 Å². The monoisotopic (exact) mass is 257 g/mol. The van der Waals surface area contributed by atoms with Crippen molar-refractivity contribution in [1.82, 2.24) is 14.9 Å². The Hall–Kier alpha value is -1.35. The lowest BCUT2D eigenvalue weighted by molar-refractivity contribution is 0.132. The van der Waals surface area contributed by atoms with E-state index < -0.39 is 0 Å². The maximum atomic E-state index is 4.70. The maximum absolute atomic E-state index is 4.70. The molecule has 1 aromatic carbocycles. The lowest BCUT2D eigenvalue weighted by Crippen LogP contribution is -2.38. The summed E-state index contributed by atoms with van der Waals surface area (Å²) in [7, 11) is 0. The van der Waals surface area contributed by atoms with E-state index in [0.29, 0.717) is 0 Å². The van der Waals surface area contributed by atoms with Crippen LogP contribution in [0.25, 0.3) is 11.0 Å². The fourth-order valence-corrected chi connectivity index (χ4v) is 3.38. The molecule has 1 N–H and O–H groups in total. The number of hydrogen-bond acceptors (Lipinski definition) is 2. The van der Waals surface area contributed by atoms with Crippen LogP contribution in [0.15, 0.2) is 18.2 Å². The van der Waals surface area contributed by atoms with Gasteiger partial charge in [-0.1, -0.05) is 19.9 Å². The van der Waals surface area contributed by atoms with Crippen LogP contribution in [0.3, 0.4) is 0 Å². The number of imidazole rings is 1. The van der Waals surface area contributed by atoms with Crippen LogP contribution in [-0.4, -0.2) is 28.0 Å². The Labute approximate surface area is 115 Å². The zero-order valence-electron chi connectivity index (χ0n) is 12.1. The maximum Gasteiger partial charge on any atom is 0.121 e. The third kappa shape index (κ3) is 2.81. The van der Waals surface area contributed by atoms with Crippen molar-refractivity contribution in [2.75, 3.05) is 13.1 Å². The number of aromatic nitrogens is 2. The Morgan fingerprint density at radius 2 is 2.00 bits per heavy atom. The minimum atomic E-state index is 0.801. The van der Waals surface area contributed by atoms with Gasteiger partial charge in [-0.15, -0.1) is 0 Å². The van der Waals surface area contributed by atoms with Crippen molar-refractivity contribution in [1.29, 1.82) is 0 Å². The molecule has 19 heavy (non-hydrogen) atoms. The summed E-state index contributed by atoms with van der Waals surface area (Å²) < 4.78 is 0. The van der Waals surface area contributed by atoms with E-state index in [4.69, 9.17) is 4.98 Å². The summed E-state index contributed by atoms with van der Waals surface area (Å²) in [6.07, 6.45) is 1.36. The number of piperidine rings is 1. The average molecular weight is 257 g/mol. The Bertz CT molecular complexity index is 562. The third-order valence-corrected chi connectivity index (χ3v) is 4.00. The number of aryl methyl sites for hydroxylation is 1. The molecule has 2 aromatic rings. The van der Waals surface area contributed by atoms with E-state index in [1.54, 1.807) is 0 Å². The Kier molecular flexibility index (Phi) is 3.31. The number of aromatic amines is 1. The molecule has 2 atom stereocenters. The van der Waals surface area contributed by atoms with Crippen LogP contribution in [0.1, 0.15) is 31.7 Å². The van der Waals surface area contributed by atoms with Crippen LogP contribution in [0.5, 0.6) is 0 Å². The topological polar surface area (TPSA) is 31.9 Å². The molecule has 1 fully saturated rings. The van der Waals surface area contributed by atoms with Crippen LogP contribution in [-0.2, 0) is 6.54 Å². The van der Waals surface area contributed by atoms with Crippen molar-refractivity contribution in [3.8, 4) is 0 Å². The predicted octanol–water partition coefficient (Wildman–Crippen LogP) is 3.35. The number of benzene rings is 1. The first-order valence-electron chi connectivity index (χ1n) is 7.28. The molecule has 0 aliphatic carbocycles. The Morgan fingerprint density at radius 1 is 1.26 bits per heavy atom. The second kappa shape index (κ2) is 4.97. The molecule has 0 amide bonds. The van der Waals surface area contributed by atoms with Gasteiger partial charge in [-0.3, -0.25) is 4.90 Å². The van der Waals surface area contributed by atoms with Gasteiger partial charge in [0.1, 0.15) is 5.82 Å². The van der Waals surface area contributed by atoms with Gasteiger partial charge in [0.25, 0.3) is 0 Å². The van der Waals surface area contributed by atoms with Gasteiger partial charge in [0.05, 0.1) is 17.6 Å². The van der Waals surface area contributed by atoms with Gasteiger partial charge < -0.3 is 4.98 Å². The number of hydrogen-bond donors (Lipinski definition) is 1. The fourth-order valence-electron chi connectivity index (χ4n) is 3.38. The quantitative estimate of drug-likeness (QED) is 0.894. The number of H-pyrrole nitrogens is 1. The Morgan fingerprint density at radius 3 is 2.74 bits per heavy atom. The summed E-state index contributed by atoms with van der Waals surface area (Å²) in [4.78, 5) is 10.7. The lowest BCUT2D eigenvalue weighted by atomic mass is 9.92. The minimum Gasteiger partial charge on any atom is -0.341 e. The standard InChI is InChI=1S/C16H23N3/c1-11-4-5-14-15(7-11)18-16(17-14)10-19-8-12(2)6-13(3)9-19/h4-5,7,12-13H,6,8-10H2,1-3H3,(H,17,18). The zero-order chi connectivity index (χ0) is 13.4. The molecule has 2 unspecified atom stereocenters. The van der Waals surface area contributed by atoms with Crippen LogP contribution in [0.2, 0.25) is 0 Å². The van der Waals surface area contributed by atoms with Gasteiger partial charge >= 0.3 is 0 Å². The predicted molar refractivity (Wildman–Crippen MR) is 79.1 cm³/mol. The smallest absolute Gasteiger partial charge is 0.121 e. The van der Waals surface area contributed by atoms with Crippen molar-refractivity contribution in [3.05, 3.63) is 29.6 Å². The first-order valence-corrected chi connectivity index (χ1v) is 7.28. The van der Waals surface area contributed by atoms with Crippen molar-refractivity contribution >= 4 is 11.0 Å². The largest absolute Gasteiger partial charge is 0.341 e. The molecule has 0 radical (unpaired) electrons. The van der Waals surface area contributed by atoms with E-state index in [1.807, 2.05) is 0 Å². The summed E-state index contributed by atoms with van der Waals surface area (Å²) in [6, 6.07) is 6.40. The minimum absolute atomic E-state index is 0.801. The Balaban J connectivity index is 1.77. The highest BCUT2D eigenvalue weighted by molar-refractivity contribution is 5.75. The SMILES string of the molecule is Cc1ccc2nc(CN3CC(C)CC(C)C3)[nH]c2c1. The molecule has 102 valence electrons. The first-order chi connectivity index (χ1) is 9.10. The number of nitrogens with zero attached hydrogens (tertiary/aromatic N) is 2. The van der Waals surface area contributed by atoms with Crippen molar-refractivity contribution in [2.45, 2.75) is 33.7 Å². The van der Waals surface area contributed by atoms with E-state index in [0.717, 1.165) is 35.2 Å². The molecule has 1 saturated heterocycles.